The summed E-state index contributed by atoms with van der Waals surface area (Å²) in [4.78, 5) is 21.5. The van der Waals surface area contributed by atoms with Crippen molar-refractivity contribution < 1.29 is 23.5 Å². The number of methoxy groups -OCH3 is 1. The van der Waals surface area contributed by atoms with Crippen LogP contribution in [0.4, 0.5) is 9.18 Å². The first-order chi connectivity index (χ1) is 10.0. The van der Waals surface area contributed by atoms with Crippen molar-refractivity contribution in [3.05, 3.63) is 35.1 Å². The Labute approximate surface area is 130 Å². The van der Waals surface area contributed by atoms with Crippen molar-refractivity contribution in [1.82, 2.24) is 5.32 Å². The third-order valence-corrected chi connectivity index (χ3v) is 2.33. The lowest BCUT2D eigenvalue weighted by atomic mass is 10.2. The molecule has 0 atom stereocenters. The van der Waals surface area contributed by atoms with E-state index in [4.69, 9.17) is 4.74 Å². The molecular weight excluding hydrogens is 289 g/mol. The van der Waals surface area contributed by atoms with Crippen LogP contribution in [0.1, 0.15) is 31.9 Å². The molecule has 0 saturated heterocycles. The van der Waals surface area contributed by atoms with Crippen LogP contribution < -0.4 is 5.32 Å². The van der Waals surface area contributed by atoms with Crippen LogP contribution in [0.5, 0.6) is 0 Å². The minimum atomic E-state index is -0.627. The second kappa shape index (κ2) is 9.02. The van der Waals surface area contributed by atoms with Gasteiger partial charge in [-0.3, -0.25) is 4.79 Å². The highest BCUT2D eigenvalue weighted by Gasteiger charge is 2.16. The maximum absolute atomic E-state index is 12.6. The van der Waals surface area contributed by atoms with Gasteiger partial charge in [-0.2, -0.15) is 0 Å². The maximum Gasteiger partial charge on any atom is 0.408 e. The van der Waals surface area contributed by atoms with Crippen molar-refractivity contribution in [3.8, 4) is 0 Å². The van der Waals surface area contributed by atoms with Crippen molar-refractivity contribution in [1.29, 1.82) is 0 Å². The average molecular weight is 313 g/mol. The van der Waals surface area contributed by atoms with Gasteiger partial charge in [0.05, 0.1) is 7.11 Å². The number of halogens is 1. The molecule has 1 rings (SSSR count). The zero-order valence-corrected chi connectivity index (χ0v) is 14.0. The zero-order chi connectivity index (χ0) is 17.3. The van der Waals surface area contributed by atoms with Gasteiger partial charge in [-0.25, -0.2) is 9.18 Å². The minimum absolute atomic E-state index is 0.116. The van der Waals surface area contributed by atoms with E-state index in [0.29, 0.717) is 5.56 Å². The van der Waals surface area contributed by atoms with E-state index in [1.54, 1.807) is 33.8 Å². The molecule has 1 amide bonds. The normalized spacial score (nSPS) is 10.1. The first-order valence-corrected chi connectivity index (χ1v) is 6.81. The lowest BCUT2D eigenvalue weighted by Crippen LogP contribution is -2.35. The summed E-state index contributed by atoms with van der Waals surface area (Å²) >= 11 is 0. The molecule has 0 aliphatic rings. The van der Waals surface area contributed by atoms with Crippen molar-refractivity contribution in [3.63, 3.8) is 0 Å². The molecule has 0 saturated carbocycles. The molecule has 0 unspecified atom stereocenters. The molecule has 5 nitrogen and oxygen atoms in total. The molecule has 0 radical (unpaired) electrons. The summed E-state index contributed by atoms with van der Waals surface area (Å²) in [5.41, 5.74) is 1.12. The monoisotopic (exact) mass is 313 g/mol. The smallest absolute Gasteiger partial charge is 0.408 e. The number of rotatable bonds is 2. The van der Waals surface area contributed by atoms with Gasteiger partial charge in [0.1, 0.15) is 18.0 Å². The number of ether oxygens (including phenoxy) is 2. The molecule has 0 aromatic heterocycles. The largest absolute Gasteiger partial charge is 0.468 e. The molecule has 0 heterocycles. The third-order valence-electron chi connectivity index (χ3n) is 2.33. The van der Waals surface area contributed by atoms with E-state index >= 15 is 0 Å². The Morgan fingerprint density at radius 3 is 2.23 bits per heavy atom. The highest BCUT2D eigenvalue weighted by Crippen LogP contribution is 2.07. The molecule has 22 heavy (non-hydrogen) atoms. The number of carbonyl (C=O) groups is 2. The minimum Gasteiger partial charge on any atom is -0.468 e. The Morgan fingerprint density at radius 2 is 1.82 bits per heavy atom. The maximum atomic E-state index is 12.6. The van der Waals surface area contributed by atoms with E-state index in [-0.39, 0.29) is 12.4 Å². The van der Waals surface area contributed by atoms with Crippen molar-refractivity contribution in [2.45, 2.75) is 40.2 Å². The van der Waals surface area contributed by atoms with E-state index < -0.39 is 17.7 Å². The first kappa shape index (κ1) is 19.9. The fourth-order valence-electron chi connectivity index (χ4n) is 1.23. The number of nitrogens with one attached hydrogen (secondary N) is 1. The van der Waals surface area contributed by atoms with Gasteiger partial charge in [0.2, 0.25) is 0 Å². The van der Waals surface area contributed by atoms with Crippen LogP contribution >= 0.6 is 0 Å². The first-order valence-electron chi connectivity index (χ1n) is 6.81. The van der Waals surface area contributed by atoms with Gasteiger partial charge in [0.15, 0.2) is 0 Å². The van der Waals surface area contributed by atoms with Crippen LogP contribution in [0.25, 0.3) is 0 Å². The number of hydrogen-bond acceptors (Lipinski definition) is 4. The van der Waals surface area contributed by atoms with E-state index in [1.165, 1.54) is 13.2 Å². The molecule has 0 aliphatic heterocycles. The molecule has 0 fully saturated rings. The number of alkyl carbamates (subject to hydrolysis) is 1. The number of benzene rings is 1. The second-order valence-electron chi connectivity index (χ2n) is 5.68. The SMILES string of the molecule is COC(=O)CNC(=O)OC(C)(C)C.Cc1ccc(C)c(F)c1. The quantitative estimate of drug-likeness (QED) is 0.852. The van der Waals surface area contributed by atoms with E-state index in [1.807, 2.05) is 13.0 Å². The van der Waals surface area contributed by atoms with E-state index in [9.17, 15) is 14.0 Å². The zero-order valence-electron chi connectivity index (χ0n) is 14.0. The highest BCUT2D eigenvalue weighted by molar-refractivity contribution is 5.77. The number of hydrogen-bond donors (Lipinski definition) is 1. The molecule has 0 bridgehead atoms. The number of amides is 1. The van der Waals surface area contributed by atoms with Crippen LogP contribution in [0, 0.1) is 19.7 Å². The molecule has 1 N–H and O–H groups in total. The average Bonchev–Trinajstić information content (AvgIpc) is 2.39. The van der Waals surface area contributed by atoms with Gasteiger partial charge < -0.3 is 14.8 Å². The summed E-state index contributed by atoms with van der Waals surface area (Å²) in [5, 5.41) is 2.25. The fourth-order valence-corrected chi connectivity index (χ4v) is 1.23. The molecule has 1 aromatic carbocycles. The van der Waals surface area contributed by atoms with Crippen LogP contribution in [0.2, 0.25) is 0 Å². The van der Waals surface area contributed by atoms with Crippen LogP contribution in [0.3, 0.4) is 0 Å². The van der Waals surface area contributed by atoms with Crippen molar-refractivity contribution in [2.24, 2.45) is 0 Å². The van der Waals surface area contributed by atoms with E-state index in [2.05, 4.69) is 10.1 Å². The predicted octanol–water partition coefficient (Wildman–Crippen LogP) is 3.13. The van der Waals surface area contributed by atoms with E-state index in [0.717, 1.165) is 5.56 Å². The molecule has 0 aliphatic carbocycles. The van der Waals surface area contributed by atoms with Gasteiger partial charge >= 0.3 is 12.1 Å². The van der Waals surface area contributed by atoms with Crippen LogP contribution in [0.15, 0.2) is 18.2 Å². The Hall–Kier alpha value is -2.11. The second-order valence-corrected chi connectivity index (χ2v) is 5.68. The summed E-state index contributed by atoms with van der Waals surface area (Å²) in [5.74, 6) is -0.624. The standard InChI is InChI=1S/C8H9F.C8H15NO4/c1-6-3-4-7(2)8(9)5-6;1-8(2,3)13-7(11)9-5-6(10)12-4/h3-5H,1-2H3;5H2,1-4H3,(H,9,11). The Morgan fingerprint density at radius 1 is 1.23 bits per heavy atom. The number of esters is 1. The van der Waals surface area contributed by atoms with Crippen molar-refractivity contribution >= 4 is 12.1 Å². The third kappa shape index (κ3) is 9.74. The molecule has 1 aromatic rings. The highest BCUT2D eigenvalue weighted by atomic mass is 19.1. The molecular formula is C16H24FNO4. The number of carbonyl (C=O) groups excluding carboxylic acids is 2. The Balaban J connectivity index is 0.000000425. The van der Waals surface area contributed by atoms with Crippen molar-refractivity contribution in [2.75, 3.05) is 13.7 Å². The lowest BCUT2D eigenvalue weighted by Gasteiger charge is -2.19. The summed E-state index contributed by atoms with van der Waals surface area (Å²) in [7, 11) is 1.25. The summed E-state index contributed by atoms with van der Waals surface area (Å²) < 4.78 is 21.8. The van der Waals surface area contributed by atoms with Gasteiger partial charge in [-0.1, -0.05) is 12.1 Å². The van der Waals surface area contributed by atoms with Gasteiger partial charge in [0, 0.05) is 0 Å². The number of aryl methyl sites for hydroxylation is 2. The topological polar surface area (TPSA) is 64.6 Å². The van der Waals surface area contributed by atoms with Gasteiger partial charge in [-0.05, 0) is 51.8 Å². The fraction of sp³-hybridized carbons (Fsp3) is 0.500. The van der Waals surface area contributed by atoms with Crippen LogP contribution in [-0.4, -0.2) is 31.3 Å². The molecule has 0 spiro atoms. The predicted molar refractivity (Wildman–Crippen MR) is 82.1 cm³/mol. The molecule has 124 valence electrons. The lowest BCUT2D eigenvalue weighted by molar-refractivity contribution is -0.139. The van der Waals surface area contributed by atoms with Gasteiger partial charge in [0.25, 0.3) is 0 Å². The summed E-state index contributed by atoms with van der Waals surface area (Å²) in [6.45, 7) is 8.68. The molecule has 6 heteroatoms. The summed E-state index contributed by atoms with van der Waals surface area (Å²) in [6.07, 6.45) is -0.627. The van der Waals surface area contributed by atoms with Crippen LogP contribution in [-0.2, 0) is 14.3 Å². The Bertz CT molecular complexity index is 509. The van der Waals surface area contributed by atoms with Gasteiger partial charge in [-0.15, -0.1) is 0 Å². The Kier molecular flexibility index (Phi) is 8.15. The summed E-state index contributed by atoms with van der Waals surface area (Å²) in [6, 6.07) is 5.22.